The van der Waals surface area contributed by atoms with Crippen molar-refractivity contribution in [3.63, 3.8) is 0 Å². The smallest absolute Gasteiger partial charge is 0.320 e. The maximum Gasteiger partial charge on any atom is 0.324 e. The molecule has 4 unspecified atom stereocenters. The number of hydrogen-bond donors (Lipinski definition) is 1. The molecule has 1 heterocycles. The third-order valence-electron chi connectivity index (χ3n) is 4.23. The maximum atomic E-state index is 11.8. The fourth-order valence-electron chi connectivity index (χ4n) is 2.83. The zero-order chi connectivity index (χ0) is 11.9. The summed E-state index contributed by atoms with van der Waals surface area (Å²) in [6, 6.07) is 0.111. The van der Waals surface area contributed by atoms with E-state index in [1.165, 1.54) is 6.42 Å². The molecule has 1 aliphatic carbocycles. The largest absolute Gasteiger partial charge is 0.324 e. The first kappa shape index (κ1) is 11.4. The molecule has 1 aliphatic heterocycles. The molecule has 0 aromatic rings. The van der Waals surface area contributed by atoms with Crippen LogP contribution in [0.15, 0.2) is 0 Å². The van der Waals surface area contributed by atoms with Gasteiger partial charge in [0.05, 0.1) is 5.92 Å². The maximum absolute atomic E-state index is 11.8. The van der Waals surface area contributed by atoms with Gasteiger partial charge >= 0.3 is 6.03 Å². The lowest BCUT2D eigenvalue weighted by Crippen LogP contribution is -2.57. The molecule has 0 bridgehead atoms. The van der Waals surface area contributed by atoms with E-state index in [2.05, 4.69) is 19.2 Å². The van der Waals surface area contributed by atoms with Crippen LogP contribution in [-0.4, -0.2) is 29.4 Å². The second kappa shape index (κ2) is 4.07. The topological polar surface area (TPSA) is 49.4 Å². The SMILES string of the molecule is CC1CN(C2CCC(C)C2C)C(=O)NC1=O. The number of carbonyl (C=O) groups excluding carboxylic acids is 2. The van der Waals surface area contributed by atoms with Crippen molar-refractivity contribution in [3.8, 4) is 0 Å². The molecule has 0 aromatic carbocycles. The van der Waals surface area contributed by atoms with Gasteiger partial charge in [-0.2, -0.15) is 0 Å². The van der Waals surface area contributed by atoms with E-state index in [1.807, 2.05) is 11.8 Å². The first-order valence-electron chi connectivity index (χ1n) is 6.12. The summed E-state index contributed by atoms with van der Waals surface area (Å²) >= 11 is 0. The minimum absolute atomic E-state index is 0.0826. The van der Waals surface area contributed by atoms with Crippen LogP contribution in [0.4, 0.5) is 4.79 Å². The molecule has 4 atom stereocenters. The Morgan fingerprint density at radius 1 is 1.19 bits per heavy atom. The molecule has 0 aromatic heterocycles. The van der Waals surface area contributed by atoms with Crippen molar-refractivity contribution >= 4 is 11.9 Å². The Morgan fingerprint density at radius 3 is 2.44 bits per heavy atom. The van der Waals surface area contributed by atoms with E-state index in [9.17, 15) is 9.59 Å². The molecule has 1 saturated carbocycles. The number of amides is 3. The van der Waals surface area contributed by atoms with Gasteiger partial charge in [-0.3, -0.25) is 10.1 Å². The Kier molecular flexibility index (Phi) is 2.91. The van der Waals surface area contributed by atoms with Crippen molar-refractivity contribution in [1.82, 2.24) is 10.2 Å². The Balaban J connectivity index is 2.09. The van der Waals surface area contributed by atoms with Gasteiger partial charge in [-0.1, -0.05) is 20.8 Å². The zero-order valence-electron chi connectivity index (χ0n) is 10.2. The molecule has 1 saturated heterocycles. The average Bonchev–Trinajstić information content (AvgIpc) is 2.54. The molecular formula is C12H20N2O2. The van der Waals surface area contributed by atoms with Crippen molar-refractivity contribution in [2.45, 2.75) is 39.7 Å². The third kappa shape index (κ3) is 1.81. The van der Waals surface area contributed by atoms with Crippen molar-refractivity contribution in [2.24, 2.45) is 17.8 Å². The number of nitrogens with zero attached hydrogens (tertiary/aromatic N) is 1. The summed E-state index contributed by atoms with van der Waals surface area (Å²) in [6.07, 6.45) is 2.24. The minimum Gasteiger partial charge on any atom is -0.320 e. The van der Waals surface area contributed by atoms with Crippen LogP contribution in [0.25, 0.3) is 0 Å². The molecule has 2 fully saturated rings. The van der Waals surface area contributed by atoms with Crippen molar-refractivity contribution in [2.75, 3.05) is 6.54 Å². The summed E-state index contributed by atoms with van der Waals surface area (Å²) in [4.78, 5) is 25.0. The molecule has 4 nitrogen and oxygen atoms in total. The highest BCUT2D eigenvalue weighted by Gasteiger charge is 2.40. The van der Waals surface area contributed by atoms with E-state index in [0.29, 0.717) is 24.4 Å². The van der Waals surface area contributed by atoms with Crippen LogP contribution >= 0.6 is 0 Å². The van der Waals surface area contributed by atoms with Gasteiger partial charge in [-0.25, -0.2) is 4.79 Å². The molecule has 0 spiro atoms. The van der Waals surface area contributed by atoms with Crippen LogP contribution in [0.1, 0.15) is 33.6 Å². The molecule has 3 amide bonds. The summed E-state index contributed by atoms with van der Waals surface area (Å²) in [6.45, 7) is 6.89. The molecule has 90 valence electrons. The number of rotatable bonds is 1. The van der Waals surface area contributed by atoms with Crippen LogP contribution in [-0.2, 0) is 4.79 Å². The Hall–Kier alpha value is -1.06. The van der Waals surface area contributed by atoms with E-state index in [-0.39, 0.29) is 17.9 Å². The second-order valence-corrected chi connectivity index (χ2v) is 5.33. The zero-order valence-corrected chi connectivity index (χ0v) is 10.2. The minimum atomic E-state index is -0.200. The fourth-order valence-corrected chi connectivity index (χ4v) is 2.83. The van der Waals surface area contributed by atoms with Crippen LogP contribution in [0.3, 0.4) is 0 Å². The lowest BCUT2D eigenvalue weighted by molar-refractivity contribution is -0.125. The predicted octanol–water partition coefficient (Wildman–Crippen LogP) is 1.61. The highest BCUT2D eigenvalue weighted by atomic mass is 16.2. The van der Waals surface area contributed by atoms with Crippen molar-refractivity contribution in [3.05, 3.63) is 0 Å². The van der Waals surface area contributed by atoms with Gasteiger partial charge in [0.25, 0.3) is 0 Å². The summed E-state index contributed by atoms with van der Waals surface area (Å²) in [5.41, 5.74) is 0. The number of nitrogens with one attached hydrogen (secondary N) is 1. The Labute approximate surface area is 96.4 Å². The number of hydrogen-bond acceptors (Lipinski definition) is 2. The summed E-state index contributed by atoms with van der Waals surface area (Å²) < 4.78 is 0. The molecule has 16 heavy (non-hydrogen) atoms. The highest BCUT2D eigenvalue weighted by molar-refractivity contribution is 5.97. The molecule has 1 N–H and O–H groups in total. The van der Waals surface area contributed by atoms with Gasteiger partial charge in [-0.05, 0) is 24.7 Å². The fraction of sp³-hybridized carbons (Fsp3) is 0.833. The van der Waals surface area contributed by atoms with Crippen LogP contribution < -0.4 is 5.32 Å². The molecule has 2 aliphatic rings. The Morgan fingerprint density at radius 2 is 1.88 bits per heavy atom. The first-order valence-corrected chi connectivity index (χ1v) is 6.12. The molecule has 2 rings (SSSR count). The lowest BCUT2D eigenvalue weighted by atomic mass is 9.95. The van der Waals surface area contributed by atoms with Crippen molar-refractivity contribution in [1.29, 1.82) is 0 Å². The van der Waals surface area contributed by atoms with Gasteiger partial charge < -0.3 is 4.90 Å². The van der Waals surface area contributed by atoms with Crippen LogP contribution in [0.5, 0.6) is 0 Å². The van der Waals surface area contributed by atoms with E-state index < -0.39 is 0 Å². The highest BCUT2D eigenvalue weighted by Crippen LogP contribution is 2.35. The summed E-state index contributed by atoms with van der Waals surface area (Å²) in [7, 11) is 0. The summed E-state index contributed by atoms with van der Waals surface area (Å²) in [5, 5.41) is 2.44. The second-order valence-electron chi connectivity index (χ2n) is 5.33. The molecule has 0 radical (unpaired) electrons. The lowest BCUT2D eigenvalue weighted by Gasteiger charge is -2.37. The molecule has 4 heteroatoms. The van der Waals surface area contributed by atoms with Crippen LogP contribution in [0.2, 0.25) is 0 Å². The monoisotopic (exact) mass is 224 g/mol. The van der Waals surface area contributed by atoms with Gasteiger partial charge in [0.15, 0.2) is 0 Å². The first-order chi connectivity index (χ1) is 7.50. The van der Waals surface area contributed by atoms with Gasteiger partial charge in [0, 0.05) is 12.6 Å². The van der Waals surface area contributed by atoms with Gasteiger partial charge in [0.2, 0.25) is 5.91 Å². The molecular weight excluding hydrogens is 204 g/mol. The van der Waals surface area contributed by atoms with Gasteiger partial charge in [-0.15, -0.1) is 0 Å². The normalized spacial score (nSPS) is 40.1. The van der Waals surface area contributed by atoms with E-state index in [0.717, 1.165) is 6.42 Å². The van der Waals surface area contributed by atoms with Gasteiger partial charge in [0.1, 0.15) is 0 Å². The van der Waals surface area contributed by atoms with E-state index >= 15 is 0 Å². The average molecular weight is 224 g/mol. The number of imide groups is 1. The number of urea groups is 1. The van der Waals surface area contributed by atoms with Crippen LogP contribution in [0, 0.1) is 17.8 Å². The van der Waals surface area contributed by atoms with E-state index in [4.69, 9.17) is 0 Å². The predicted molar refractivity (Wildman–Crippen MR) is 60.8 cm³/mol. The standard InChI is InChI=1S/C12H20N2O2/c1-7-4-5-10(9(7)3)14-6-8(2)11(15)13-12(14)16/h7-10H,4-6H2,1-3H3,(H,13,15,16). The number of carbonyl (C=O) groups is 2. The van der Waals surface area contributed by atoms with Crippen molar-refractivity contribution < 1.29 is 9.59 Å². The summed E-state index contributed by atoms with van der Waals surface area (Å²) in [5.74, 6) is 0.984. The quantitative estimate of drug-likeness (QED) is 0.735. The van der Waals surface area contributed by atoms with E-state index in [1.54, 1.807) is 0 Å². The Bertz CT molecular complexity index is 316. The third-order valence-corrected chi connectivity index (χ3v) is 4.23.